The van der Waals surface area contributed by atoms with Gasteiger partial charge in [-0.05, 0) is 31.2 Å². The molecule has 0 saturated carbocycles. The van der Waals surface area contributed by atoms with Crippen molar-refractivity contribution in [2.75, 3.05) is 20.8 Å². The molecular formula is C20H20ClN3O4. The maximum Gasteiger partial charge on any atom is 0.261 e. The zero-order valence-electron chi connectivity index (χ0n) is 15.8. The highest BCUT2D eigenvalue weighted by Gasteiger charge is 2.25. The average molecular weight is 402 g/mol. The summed E-state index contributed by atoms with van der Waals surface area (Å²) in [5.41, 5.74) is 1.01. The van der Waals surface area contributed by atoms with Gasteiger partial charge in [-0.2, -0.15) is 4.98 Å². The molecule has 0 bridgehead atoms. The third-order valence-electron chi connectivity index (χ3n) is 4.22. The van der Waals surface area contributed by atoms with Crippen LogP contribution < -0.4 is 9.47 Å². The first-order valence-corrected chi connectivity index (χ1v) is 9.04. The van der Waals surface area contributed by atoms with Crippen molar-refractivity contribution in [2.45, 2.75) is 13.5 Å². The number of amides is 1. The van der Waals surface area contributed by atoms with Crippen LogP contribution in [0.2, 0.25) is 5.02 Å². The van der Waals surface area contributed by atoms with Crippen molar-refractivity contribution in [1.82, 2.24) is 15.0 Å². The lowest BCUT2D eigenvalue weighted by Gasteiger charge is -2.21. The largest absolute Gasteiger partial charge is 0.496 e. The molecule has 0 unspecified atom stereocenters. The van der Waals surface area contributed by atoms with Crippen molar-refractivity contribution in [1.29, 1.82) is 0 Å². The number of rotatable bonds is 7. The van der Waals surface area contributed by atoms with Crippen molar-refractivity contribution < 1.29 is 18.8 Å². The Balaban J connectivity index is 1.86. The van der Waals surface area contributed by atoms with Crippen LogP contribution in [0.25, 0.3) is 11.4 Å². The van der Waals surface area contributed by atoms with Crippen LogP contribution in [0, 0.1) is 0 Å². The van der Waals surface area contributed by atoms with Crippen LogP contribution in [-0.4, -0.2) is 41.7 Å². The van der Waals surface area contributed by atoms with Gasteiger partial charge >= 0.3 is 0 Å². The number of carbonyl (C=O) groups is 1. The minimum atomic E-state index is -0.255. The van der Waals surface area contributed by atoms with E-state index in [4.69, 9.17) is 25.6 Å². The van der Waals surface area contributed by atoms with Gasteiger partial charge in [0.25, 0.3) is 5.91 Å². The minimum absolute atomic E-state index is 0.147. The molecule has 3 rings (SSSR count). The molecule has 0 saturated heterocycles. The van der Waals surface area contributed by atoms with E-state index in [1.54, 1.807) is 35.2 Å². The summed E-state index contributed by atoms with van der Waals surface area (Å²) in [5, 5.41) is 4.50. The number of nitrogens with zero attached hydrogens (tertiary/aromatic N) is 3. The number of carbonyl (C=O) groups excluding carboxylic acids is 1. The number of methoxy groups -OCH3 is 2. The van der Waals surface area contributed by atoms with E-state index in [2.05, 4.69) is 10.1 Å². The van der Waals surface area contributed by atoms with Crippen molar-refractivity contribution in [3.8, 4) is 22.9 Å². The first-order valence-electron chi connectivity index (χ1n) is 8.66. The molecule has 0 aliphatic carbocycles. The smallest absolute Gasteiger partial charge is 0.261 e. The maximum absolute atomic E-state index is 13.1. The van der Waals surface area contributed by atoms with E-state index in [-0.39, 0.29) is 12.5 Å². The van der Waals surface area contributed by atoms with Gasteiger partial charge in [-0.1, -0.05) is 35.0 Å². The number of hydrogen-bond acceptors (Lipinski definition) is 6. The highest BCUT2D eigenvalue weighted by molar-refractivity contribution is 6.33. The number of halogens is 1. The molecule has 0 fully saturated rings. The monoisotopic (exact) mass is 401 g/mol. The van der Waals surface area contributed by atoms with E-state index in [0.29, 0.717) is 45.9 Å². The van der Waals surface area contributed by atoms with Gasteiger partial charge in [0.15, 0.2) is 0 Å². The molecule has 28 heavy (non-hydrogen) atoms. The summed E-state index contributed by atoms with van der Waals surface area (Å²) < 4.78 is 16.0. The number of ether oxygens (including phenoxy) is 2. The summed E-state index contributed by atoms with van der Waals surface area (Å²) in [4.78, 5) is 19.1. The molecule has 1 heterocycles. The Morgan fingerprint density at radius 3 is 2.39 bits per heavy atom. The first-order chi connectivity index (χ1) is 13.6. The second kappa shape index (κ2) is 8.75. The number of benzene rings is 2. The quantitative estimate of drug-likeness (QED) is 0.593. The predicted molar refractivity (Wildman–Crippen MR) is 105 cm³/mol. The number of hydrogen-bond donors (Lipinski definition) is 0. The Hall–Kier alpha value is -3.06. The summed E-state index contributed by atoms with van der Waals surface area (Å²) in [6.45, 7) is 2.45. The van der Waals surface area contributed by atoms with Gasteiger partial charge in [-0.3, -0.25) is 4.79 Å². The van der Waals surface area contributed by atoms with E-state index >= 15 is 0 Å². The Morgan fingerprint density at radius 1 is 1.11 bits per heavy atom. The number of aromatic nitrogens is 2. The first kappa shape index (κ1) is 19.7. The Bertz CT molecular complexity index is 951. The van der Waals surface area contributed by atoms with Crippen LogP contribution in [0.3, 0.4) is 0 Å². The summed E-state index contributed by atoms with van der Waals surface area (Å²) in [6, 6.07) is 12.4. The fourth-order valence-corrected chi connectivity index (χ4v) is 3.00. The zero-order valence-corrected chi connectivity index (χ0v) is 16.6. The van der Waals surface area contributed by atoms with Gasteiger partial charge in [0, 0.05) is 12.1 Å². The maximum atomic E-state index is 13.1. The fraction of sp³-hybridized carbons (Fsp3) is 0.250. The standard InChI is InChI=1S/C20H20ClN3O4/c1-4-24(20(25)18-15(26-2)10-7-11-16(18)27-3)12-17-22-19(23-28-17)13-8-5-6-9-14(13)21/h5-11H,4,12H2,1-3H3. The predicted octanol–water partition coefficient (Wildman–Crippen LogP) is 4.07. The van der Waals surface area contributed by atoms with Crippen LogP contribution in [-0.2, 0) is 6.54 Å². The van der Waals surface area contributed by atoms with Crippen LogP contribution in [0.1, 0.15) is 23.2 Å². The van der Waals surface area contributed by atoms with Crippen molar-refractivity contribution in [3.63, 3.8) is 0 Å². The molecule has 7 nitrogen and oxygen atoms in total. The lowest BCUT2D eigenvalue weighted by atomic mass is 10.1. The minimum Gasteiger partial charge on any atom is -0.496 e. The molecule has 3 aromatic rings. The Morgan fingerprint density at radius 2 is 1.79 bits per heavy atom. The average Bonchev–Trinajstić information content (AvgIpc) is 3.19. The third kappa shape index (κ3) is 3.94. The highest BCUT2D eigenvalue weighted by Crippen LogP contribution is 2.30. The second-order valence-electron chi connectivity index (χ2n) is 5.85. The lowest BCUT2D eigenvalue weighted by Crippen LogP contribution is -2.31. The molecule has 1 aromatic heterocycles. The lowest BCUT2D eigenvalue weighted by molar-refractivity contribution is 0.0727. The van der Waals surface area contributed by atoms with Gasteiger partial charge in [0.1, 0.15) is 23.6 Å². The SMILES string of the molecule is CCN(Cc1nc(-c2ccccc2Cl)no1)C(=O)c1c(OC)cccc1OC. The normalized spacial score (nSPS) is 10.6. The summed E-state index contributed by atoms with van der Waals surface area (Å²) in [7, 11) is 3.02. The van der Waals surface area contributed by atoms with Crippen LogP contribution in [0.4, 0.5) is 0 Å². The molecule has 146 valence electrons. The Kier molecular flexibility index (Phi) is 6.16. The molecule has 0 N–H and O–H groups in total. The van der Waals surface area contributed by atoms with E-state index in [0.717, 1.165) is 0 Å². The Labute approximate surface area is 167 Å². The molecule has 2 aromatic carbocycles. The van der Waals surface area contributed by atoms with Crippen molar-refractivity contribution >= 4 is 17.5 Å². The van der Waals surface area contributed by atoms with Gasteiger partial charge in [0.05, 0.1) is 19.2 Å². The zero-order chi connectivity index (χ0) is 20.1. The van der Waals surface area contributed by atoms with Crippen molar-refractivity contribution in [3.05, 3.63) is 58.9 Å². The van der Waals surface area contributed by atoms with Crippen LogP contribution in [0.5, 0.6) is 11.5 Å². The summed E-state index contributed by atoms with van der Waals surface area (Å²) in [5.74, 6) is 1.29. The molecule has 1 amide bonds. The molecule has 8 heteroatoms. The molecule has 0 aliphatic heterocycles. The van der Waals surface area contributed by atoms with Gasteiger partial charge in [-0.15, -0.1) is 0 Å². The van der Waals surface area contributed by atoms with E-state index in [1.165, 1.54) is 14.2 Å². The highest BCUT2D eigenvalue weighted by atomic mass is 35.5. The molecule has 0 radical (unpaired) electrons. The van der Waals surface area contributed by atoms with E-state index in [1.807, 2.05) is 19.1 Å². The van der Waals surface area contributed by atoms with Gasteiger partial charge in [-0.25, -0.2) is 0 Å². The summed E-state index contributed by atoms with van der Waals surface area (Å²) >= 11 is 6.18. The topological polar surface area (TPSA) is 77.7 Å². The molecular weight excluding hydrogens is 382 g/mol. The second-order valence-corrected chi connectivity index (χ2v) is 6.26. The van der Waals surface area contributed by atoms with Gasteiger partial charge in [0.2, 0.25) is 11.7 Å². The van der Waals surface area contributed by atoms with Crippen LogP contribution in [0.15, 0.2) is 47.0 Å². The van der Waals surface area contributed by atoms with Crippen molar-refractivity contribution in [2.24, 2.45) is 0 Å². The molecule has 0 aliphatic rings. The molecule has 0 atom stereocenters. The third-order valence-corrected chi connectivity index (χ3v) is 4.55. The van der Waals surface area contributed by atoms with Crippen LogP contribution >= 0.6 is 11.6 Å². The molecule has 0 spiro atoms. The van der Waals surface area contributed by atoms with Gasteiger partial charge < -0.3 is 18.9 Å². The van der Waals surface area contributed by atoms with E-state index < -0.39 is 0 Å². The van der Waals surface area contributed by atoms with E-state index in [9.17, 15) is 4.79 Å². The fourth-order valence-electron chi connectivity index (χ4n) is 2.78. The summed E-state index contributed by atoms with van der Waals surface area (Å²) in [6.07, 6.45) is 0.